The van der Waals surface area contributed by atoms with E-state index in [1.807, 2.05) is 11.4 Å². The Kier molecular flexibility index (Phi) is 2.67. The minimum absolute atomic E-state index is 0.305. The van der Waals surface area contributed by atoms with Crippen LogP contribution < -0.4 is 10.6 Å². The van der Waals surface area contributed by atoms with Gasteiger partial charge in [0.25, 0.3) is 0 Å². The molecule has 1 aliphatic heterocycles. The molecule has 1 fully saturated rings. The first-order valence-corrected chi connectivity index (χ1v) is 6.47. The molecule has 4 nitrogen and oxygen atoms in total. The molecule has 2 N–H and O–H groups in total. The number of hydrogen-bond acceptors (Lipinski definition) is 5. The van der Waals surface area contributed by atoms with E-state index >= 15 is 0 Å². The van der Waals surface area contributed by atoms with E-state index in [1.54, 1.807) is 11.3 Å². The van der Waals surface area contributed by atoms with Crippen molar-refractivity contribution in [1.82, 2.24) is 15.3 Å². The predicted octanol–water partition coefficient (Wildman–Crippen LogP) is 2.12. The number of anilines is 1. The molecule has 3 heterocycles. The lowest BCUT2D eigenvalue weighted by atomic mass is 10.2. The molecule has 0 amide bonds. The van der Waals surface area contributed by atoms with Crippen molar-refractivity contribution in [1.29, 1.82) is 0 Å². The van der Waals surface area contributed by atoms with Gasteiger partial charge in [-0.3, -0.25) is 0 Å². The summed E-state index contributed by atoms with van der Waals surface area (Å²) in [5.74, 6) is 0.860. The quantitative estimate of drug-likeness (QED) is 0.806. The van der Waals surface area contributed by atoms with Crippen LogP contribution in [0.4, 0.5) is 5.82 Å². The third-order valence-electron chi connectivity index (χ3n) is 2.68. The first-order valence-electron chi connectivity index (χ1n) is 5.21. The van der Waals surface area contributed by atoms with Crippen LogP contribution in [0, 0.1) is 0 Å². The van der Waals surface area contributed by atoms with Crippen LogP contribution in [0.5, 0.6) is 0 Å². The van der Waals surface area contributed by atoms with E-state index < -0.39 is 0 Å². The molecule has 1 aliphatic rings. The summed E-state index contributed by atoms with van der Waals surface area (Å²) in [4.78, 5) is 8.44. The van der Waals surface area contributed by atoms with Crippen molar-refractivity contribution in [2.75, 3.05) is 18.4 Å². The van der Waals surface area contributed by atoms with Crippen molar-refractivity contribution in [2.45, 2.75) is 12.5 Å². The second-order valence-electron chi connectivity index (χ2n) is 3.81. The highest BCUT2D eigenvalue weighted by Crippen LogP contribution is 2.28. The summed E-state index contributed by atoms with van der Waals surface area (Å²) in [6, 6.07) is 2.40. The summed E-state index contributed by atoms with van der Waals surface area (Å²) in [7, 11) is 0. The van der Waals surface area contributed by atoms with E-state index in [0.717, 1.165) is 35.5 Å². The van der Waals surface area contributed by atoms with Crippen LogP contribution in [-0.4, -0.2) is 29.1 Å². The van der Waals surface area contributed by atoms with Gasteiger partial charge in [0.05, 0.1) is 10.2 Å². The lowest BCUT2D eigenvalue weighted by Crippen LogP contribution is -2.22. The zero-order valence-electron chi connectivity index (χ0n) is 8.53. The smallest absolute Gasteiger partial charge is 0.224 e. The monoisotopic (exact) mass is 254 g/mol. The fraction of sp³-hybridized carbons (Fsp3) is 0.400. The zero-order valence-corrected chi connectivity index (χ0v) is 10.1. The SMILES string of the molecule is Clc1nc(NC2CCNC2)c2sccc2n1. The molecular formula is C10H11ClN4S. The molecule has 0 aliphatic carbocycles. The summed E-state index contributed by atoms with van der Waals surface area (Å²) in [5.41, 5.74) is 0.915. The Morgan fingerprint density at radius 2 is 2.44 bits per heavy atom. The molecule has 0 saturated carbocycles. The Labute approximate surface area is 102 Å². The van der Waals surface area contributed by atoms with Crippen molar-refractivity contribution in [3.63, 3.8) is 0 Å². The van der Waals surface area contributed by atoms with E-state index in [-0.39, 0.29) is 0 Å². The van der Waals surface area contributed by atoms with Crippen LogP contribution in [0.25, 0.3) is 10.2 Å². The second-order valence-corrected chi connectivity index (χ2v) is 5.06. The molecule has 2 aromatic heterocycles. The first-order chi connectivity index (χ1) is 7.83. The average Bonchev–Trinajstić information content (AvgIpc) is 2.87. The molecule has 0 radical (unpaired) electrons. The molecule has 0 aromatic carbocycles. The Morgan fingerprint density at radius 1 is 1.50 bits per heavy atom. The number of halogens is 1. The lowest BCUT2D eigenvalue weighted by Gasteiger charge is -2.12. The topological polar surface area (TPSA) is 49.8 Å². The van der Waals surface area contributed by atoms with Crippen LogP contribution in [0.2, 0.25) is 5.28 Å². The van der Waals surface area contributed by atoms with Crippen LogP contribution in [0.15, 0.2) is 11.4 Å². The van der Waals surface area contributed by atoms with Gasteiger partial charge in [0.15, 0.2) is 0 Å². The highest BCUT2D eigenvalue weighted by molar-refractivity contribution is 7.17. The third kappa shape index (κ3) is 1.86. The first kappa shape index (κ1) is 10.3. The maximum atomic E-state index is 5.89. The normalized spacial score (nSPS) is 20.4. The largest absolute Gasteiger partial charge is 0.365 e. The third-order valence-corrected chi connectivity index (χ3v) is 3.76. The minimum atomic E-state index is 0.305. The minimum Gasteiger partial charge on any atom is -0.365 e. The zero-order chi connectivity index (χ0) is 11.0. The molecule has 1 atom stereocenters. The summed E-state index contributed by atoms with van der Waals surface area (Å²) < 4.78 is 1.08. The molecule has 16 heavy (non-hydrogen) atoms. The summed E-state index contributed by atoms with van der Waals surface area (Å²) in [5, 5.41) is 9.05. The number of nitrogens with zero attached hydrogens (tertiary/aromatic N) is 2. The van der Waals surface area contributed by atoms with Crippen LogP contribution in [-0.2, 0) is 0 Å². The molecule has 3 rings (SSSR count). The Morgan fingerprint density at radius 3 is 3.25 bits per heavy atom. The molecule has 1 unspecified atom stereocenters. The van der Waals surface area contributed by atoms with Gasteiger partial charge < -0.3 is 10.6 Å². The van der Waals surface area contributed by atoms with E-state index in [1.165, 1.54) is 0 Å². The van der Waals surface area contributed by atoms with Crippen molar-refractivity contribution in [3.05, 3.63) is 16.7 Å². The standard InChI is InChI=1S/C10H11ClN4S/c11-10-14-7-2-4-16-8(7)9(15-10)13-6-1-3-12-5-6/h2,4,6,12H,1,3,5H2,(H,13,14,15). The van der Waals surface area contributed by atoms with Gasteiger partial charge in [-0.05, 0) is 36.0 Å². The number of hydrogen-bond donors (Lipinski definition) is 2. The predicted molar refractivity (Wildman–Crippen MR) is 67.3 cm³/mol. The molecular weight excluding hydrogens is 244 g/mol. The fourth-order valence-electron chi connectivity index (χ4n) is 1.90. The molecule has 2 aromatic rings. The van der Waals surface area contributed by atoms with E-state index in [4.69, 9.17) is 11.6 Å². The molecule has 1 saturated heterocycles. The maximum Gasteiger partial charge on any atom is 0.224 e. The number of rotatable bonds is 2. The van der Waals surface area contributed by atoms with Gasteiger partial charge in [-0.25, -0.2) is 4.98 Å². The molecule has 6 heteroatoms. The maximum absolute atomic E-state index is 5.89. The van der Waals surface area contributed by atoms with Gasteiger partial charge in [-0.2, -0.15) is 4.98 Å². The van der Waals surface area contributed by atoms with E-state index in [9.17, 15) is 0 Å². The fourth-order valence-corrected chi connectivity index (χ4v) is 2.86. The van der Waals surface area contributed by atoms with Gasteiger partial charge in [-0.15, -0.1) is 11.3 Å². The van der Waals surface area contributed by atoms with Crippen LogP contribution in [0.1, 0.15) is 6.42 Å². The highest BCUT2D eigenvalue weighted by atomic mass is 35.5. The Bertz CT molecular complexity index is 506. The second kappa shape index (κ2) is 4.16. The number of thiophene rings is 1. The van der Waals surface area contributed by atoms with Crippen molar-refractivity contribution >= 4 is 39.0 Å². The Balaban J connectivity index is 1.97. The van der Waals surface area contributed by atoms with Gasteiger partial charge in [-0.1, -0.05) is 0 Å². The summed E-state index contributed by atoms with van der Waals surface area (Å²) >= 11 is 7.53. The van der Waals surface area contributed by atoms with Crippen molar-refractivity contribution < 1.29 is 0 Å². The van der Waals surface area contributed by atoms with Crippen LogP contribution >= 0.6 is 22.9 Å². The number of fused-ring (bicyclic) bond motifs is 1. The molecule has 0 bridgehead atoms. The summed E-state index contributed by atoms with van der Waals surface area (Å²) in [6.45, 7) is 2.04. The van der Waals surface area contributed by atoms with Crippen LogP contribution in [0.3, 0.4) is 0 Å². The van der Waals surface area contributed by atoms with Crippen molar-refractivity contribution in [3.8, 4) is 0 Å². The lowest BCUT2D eigenvalue weighted by molar-refractivity contribution is 0.789. The van der Waals surface area contributed by atoms with Gasteiger partial charge in [0, 0.05) is 12.6 Å². The van der Waals surface area contributed by atoms with Gasteiger partial charge in [0.1, 0.15) is 5.82 Å². The number of nitrogens with one attached hydrogen (secondary N) is 2. The summed E-state index contributed by atoms with van der Waals surface area (Å²) in [6.07, 6.45) is 1.12. The van der Waals surface area contributed by atoms with E-state index in [0.29, 0.717) is 11.3 Å². The van der Waals surface area contributed by atoms with Crippen molar-refractivity contribution in [2.24, 2.45) is 0 Å². The van der Waals surface area contributed by atoms with Gasteiger partial charge in [0.2, 0.25) is 5.28 Å². The Hall–Kier alpha value is -0.910. The highest BCUT2D eigenvalue weighted by Gasteiger charge is 2.16. The molecule has 0 spiro atoms. The van der Waals surface area contributed by atoms with E-state index in [2.05, 4.69) is 20.6 Å². The average molecular weight is 255 g/mol. The van der Waals surface area contributed by atoms with Gasteiger partial charge >= 0.3 is 0 Å². The molecule has 84 valence electrons. The number of aromatic nitrogens is 2.